The molecule has 0 bridgehead atoms. The quantitative estimate of drug-likeness (QED) is 0.816. The zero-order chi connectivity index (χ0) is 16.8. The van der Waals surface area contributed by atoms with Gasteiger partial charge in [-0.3, -0.25) is 4.90 Å². The van der Waals surface area contributed by atoms with Crippen LogP contribution in [-0.2, 0) is 6.42 Å². The van der Waals surface area contributed by atoms with Crippen molar-refractivity contribution in [3.8, 4) is 5.75 Å². The smallest absolute Gasteiger partial charge is 0.135 e. The molecule has 0 unspecified atom stereocenters. The van der Waals surface area contributed by atoms with E-state index in [1.54, 1.807) is 6.33 Å². The molecule has 0 amide bonds. The first-order valence-electron chi connectivity index (χ1n) is 8.73. The molecule has 0 radical (unpaired) electrons. The first-order valence-corrected chi connectivity index (χ1v) is 8.73. The number of piperazine rings is 1. The number of nitrogens with zero attached hydrogens (tertiary/aromatic N) is 4. The van der Waals surface area contributed by atoms with E-state index in [0.717, 1.165) is 63.0 Å². The molecule has 0 N–H and O–H groups in total. The highest BCUT2D eigenvalue weighted by molar-refractivity contribution is 5.48. The molecule has 0 atom stereocenters. The Morgan fingerprint density at radius 3 is 2.50 bits per heavy atom. The Morgan fingerprint density at radius 2 is 1.79 bits per heavy atom. The third-order valence-electron chi connectivity index (χ3n) is 4.58. The minimum Gasteiger partial charge on any atom is -0.492 e. The summed E-state index contributed by atoms with van der Waals surface area (Å²) < 4.78 is 5.80. The van der Waals surface area contributed by atoms with E-state index in [0.29, 0.717) is 0 Å². The van der Waals surface area contributed by atoms with Gasteiger partial charge in [0.25, 0.3) is 0 Å². The van der Waals surface area contributed by atoms with Crippen LogP contribution in [0, 0.1) is 6.92 Å². The van der Waals surface area contributed by atoms with Crippen LogP contribution in [0.2, 0.25) is 0 Å². The number of ether oxygens (including phenoxy) is 1. The van der Waals surface area contributed by atoms with Gasteiger partial charge in [-0.15, -0.1) is 0 Å². The summed E-state index contributed by atoms with van der Waals surface area (Å²) in [6.07, 6.45) is 2.66. The summed E-state index contributed by atoms with van der Waals surface area (Å²) in [5.41, 5.74) is 2.37. The van der Waals surface area contributed by atoms with Gasteiger partial charge in [-0.05, 0) is 25.5 Å². The van der Waals surface area contributed by atoms with Crippen LogP contribution in [0.1, 0.15) is 18.2 Å². The summed E-state index contributed by atoms with van der Waals surface area (Å²) in [7, 11) is 0. The van der Waals surface area contributed by atoms with Crippen LogP contribution in [0.4, 0.5) is 5.82 Å². The van der Waals surface area contributed by atoms with Crippen molar-refractivity contribution in [1.29, 1.82) is 0 Å². The van der Waals surface area contributed by atoms with E-state index in [-0.39, 0.29) is 0 Å². The first-order chi connectivity index (χ1) is 11.8. The minimum absolute atomic E-state index is 0.733. The second kappa shape index (κ2) is 8.11. The fraction of sp³-hybridized carbons (Fsp3) is 0.474. The van der Waals surface area contributed by atoms with E-state index in [2.05, 4.69) is 33.6 Å². The van der Waals surface area contributed by atoms with Crippen LogP contribution < -0.4 is 9.64 Å². The number of para-hydroxylation sites is 1. The Bertz CT molecular complexity index is 639. The number of anilines is 1. The van der Waals surface area contributed by atoms with Gasteiger partial charge in [0, 0.05) is 44.0 Å². The SMILES string of the molecule is CCc1c(C)ncnc1N1CCN(CCOc2ccccc2)CC1. The Balaban J connectivity index is 1.48. The summed E-state index contributed by atoms with van der Waals surface area (Å²) in [6, 6.07) is 10.0. The number of hydrogen-bond acceptors (Lipinski definition) is 5. The van der Waals surface area contributed by atoms with E-state index in [1.807, 2.05) is 30.3 Å². The predicted molar refractivity (Wildman–Crippen MR) is 96.7 cm³/mol. The molecule has 1 aromatic carbocycles. The topological polar surface area (TPSA) is 41.5 Å². The van der Waals surface area contributed by atoms with Gasteiger partial charge in [0.05, 0.1) is 0 Å². The summed E-state index contributed by atoms with van der Waals surface area (Å²) in [6.45, 7) is 10.1. The fourth-order valence-electron chi connectivity index (χ4n) is 3.17. The molecule has 0 aliphatic carbocycles. The first kappa shape index (κ1) is 16.7. The highest BCUT2D eigenvalue weighted by Crippen LogP contribution is 2.21. The van der Waals surface area contributed by atoms with Gasteiger partial charge in [-0.1, -0.05) is 25.1 Å². The van der Waals surface area contributed by atoms with Gasteiger partial charge in [0.2, 0.25) is 0 Å². The second-order valence-electron chi connectivity index (χ2n) is 6.10. The summed E-state index contributed by atoms with van der Waals surface area (Å²) in [5.74, 6) is 2.06. The molecule has 1 saturated heterocycles. The van der Waals surface area contributed by atoms with Crippen molar-refractivity contribution in [2.24, 2.45) is 0 Å². The second-order valence-corrected chi connectivity index (χ2v) is 6.10. The van der Waals surface area contributed by atoms with Crippen LogP contribution in [0.25, 0.3) is 0 Å². The Morgan fingerprint density at radius 1 is 1.04 bits per heavy atom. The van der Waals surface area contributed by atoms with E-state index in [9.17, 15) is 0 Å². The van der Waals surface area contributed by atoms with Gasteiger partial charge >= 0.3 is 0 Å². The monoisotopic (exact) mass is 326 g/mol. The highest BCUT2D eigenvalue weighted by Gasteiger charge is 2.20. The lowest BCUT2D eigenvalue weighted by Crippen LogP contribution is -2.48. The van der Waals surface area contributed by atoms with E-state index < -0.39 is 0 Å². The standard InChI is InChI=1S/C19H26N4O/c1-3-18-16(2)20-15-21-19(18)23-11-9-22(10-12-23)13-14-24-17-7-5-4-6-8-17/h4-8,15H,3,9-14H2,1-2H3. The lowest BCUT2D eigenvalue weighted by atomic mass is 10.1. The number of hydrogen-bond donors (Lipinski definition) is 0. The number of rotatable bonds is 6. The molecule has 1 aromatic heterocycles. The van der Waals surface area contributed by atoms with Crippen LogP contribution in [0.3, 0.4) is 0 Å². The number of benzene rings is 1. The Kier molecular flexibility index (Phi) is 5.64. The van der Waals surface area contributed by atoms with Crippen molar-refractivity contribution in [3.63, 3.8) is 0 Å². The van der Waals surface area contributed by atoms with Gasteiger partial charge in [-0.2, -0.15) is 0 Å². The molecular formula is C19H26N4O. The van der Waals surface area contributed by atoms with E-state index in [4.69, 9.17) is 4.74 Å². The van der Waals surface area contributed by atoms with Crippen molar-refractivity contribution in [1.82, 2.24) is 14.9 Å². The third-order valence-corrected chi connectivity index (χ3v) is 4.58. The highest BCUT2D eigenvalue weighted by atomic mass is 16.5. The van der Waals surface area contributed by atoms with Crippen LogP contribution in [-0.4, -0.2) is 54.2 Å². The maximum absolute atomic E-state index is 5.80. The predicted octanol–water partition coefficient (Wildman–Crippen LogP) is 2.55. The van der Waals surface area contributed by atoms with Gasteiger partial charge in [-0.25, -0.2) is 9.97 Å². The molecule has 24 heavy (non-hydrogen) atoms. The van der Waals surface area contributed by atoms with Gasteiger partial charge in [0.1, 0.15) is 24.5 Å². The lowest BCUT2D eigenvalue weighted by molar-refractivity contribution is 0.200. The lowest BCUT2D eigenvalue weighted by Gasteiger charge is -2.36. The Labute approximate surface area is 144 Å². The molecular weight excluding hydrogens is 300 g/mol. The maximum atomic E-state index is 5.80. The molecule has 0 saturated carbocycles. The minimum atomic E-state index is 0.733. The number of aryl methyl sites for hydroxylation is 1. The van der Waals surface area contributed by atoms with Crippen molar-refractivity contribution in [3.05, 3.63) is 47.9 Å². The molecule has 3 rings (SSSR count). The normalized spacial score (nSPS) is 15.5. The molecule has 5 heteroatoms. The van der Waals surface area contributed by atoms with Crippen molar-refractivity contribution >= 4 is 5.82 Å². The maximum Gasteiger partial charge on any atom is 0.135 e. The average molecular weight is 326 g/mol. The van der Waals surface area contributed by atoms with E-state index in [1.165, 1.54) is 5.56 Å². The third kappa shape index (κ3) is 4.03. The summed E-state index contributed by atoms with van der Waals surface area (Å²) in [4.78, 5) is 13.7. The largest absolute Gasteiger partial charge is 0.492 e. The molecule has 1 aliphatic rings. The zero-order valence-electron chi connectivity index (χ0n) is 14.6. The average Bonchev–Trinajstić information content (AvgIpc) is 2.63. The van der Waals surface area contributed by atoms with Crippen molar-refractivity contribution in [2.45, 2.75) is 20.3 Å². The van der Waals surface area contributed by atoms with Gasteiger partial charge in [0.15, 0.2) is 0 Å². The summed E-state index contributed by atoms with van der Waals surface area (Å²) >= 11 is 0. The Hall–Kier alpha value is -2.14. The zero-order valence-corrected chi connectivity index (χ0v) is 14.6. The molecule has 2 aromatic rings. The van der Waals surface area contributed by atoms with Gasteiger partial charge < -0.3 is 9.64 Å². The number of aromatic nitrogens is 2. The fourth-order valence-corrected chi connectivity index (χ4v) is 3.17. The molecule has 5 nitrogen and oxygen atoms in total. The molecule has 2 heterocycles. The van der Waals surface area contributed by atoms with Crippen molar-refractivity contribution in [2.75, 3.05) is 44.2 Å². The molecule has 0 spiro atoms. The molecule has 128 valence electrons. The summed E-state index contributed by atoms with van der Waals surface area (Å²) in [5, 5.41) is 0. The van der Waals surface area contributed by atoms with Crippen LogP contribution in [0.15, 0.2) is 36.7 Å². The van der Waals surface area contributed by atoms with Crippen molar-refractivity contribution < 1.29 is 4.74 Å². The van der Waals surface area contributed by atoms with E-state index >= 15 is 0 Å². The van der Waals surface area contributed by atoms with Crippen LogP contribution >= 0.6 is 0 Å². The molecule has 1 aliphatic heterocycles. The molecule has 1 fully saturated rings. The van der Waals surface area contributed by atoms with Crippen LogP contribution in [0.5, 0.6) is 5.75 Å².